The average molecular weight is 339 g/mol. The molecule has 0 aliphatic heterocycles. The predicted octanol–water partition coefficient (Wildman–Crippen LogP) is 3.63. The topological polar surface area (TPSA) is 46.4 Å². The Morgan fingerprint density at radius 2 is 1.88 bits per heavy atom. The monoisotopic (exact) mass is 339 g/mol. The molecule has 3 rings (SSSR count). The molecule has 0 aliphatic rings. The van der Waals surface area contributed by atoms with Crippen molar-refractivity contribution < 1.29 is 4.39 Å². The summed E-state index contributed by atoms with van der Waals surface area (Å²) in [6, 6.07) is 11.9. The van der Waals surface area contributed by atoms with E-state index in [2.05, 4.69) is 24.1 Å². The first-order valence-electron chi connectivity index (χ1n) is 8.42. The molecule has 0 radical (unpaired) electrons. The molecule has 0 unspecified atom stereocenters. The van der Waals surface area contributed by atoms with Gasteiger partial charge in [0, 0.05) is 24.8 Å². The molecule has 2 aromatic heterocycles. The van der Waals surface area contributed by atoms with E-state index in [1.807, 2.05) is 19.1 Å². The molecule has 1 aromatic carbocycles. The third-order valence-corrected chi connectivity index (χ3v) is 4.26. The summed E-state index contributed by atoms with van der Waals surface area (Å²) in [6.45, 7) is 6.62. The van der Waals surface area contributed by atoms with Crippen molar-refractivity contribution in [1.82, 2.24) is 14.7 Å². The summed E-state index contributed by atoms with van der Waals surface area (Å²) in [5, 5.41) is 3.44. The maximum atomic E-state index is 13.2. The third-order valence-electron chi connectivity index (χ3n) is 4.26. The molecular weight excluding hydrogens is 317 g/mol. The van der Waals surface area contributed by atoms with Crippen molar-refractivity contribution >= 4 is 5.65 Å². The second-order valence-electron chi connectivity index (χ2n) is 6.67. The maximum Gasteiger partial charge on any atom is 0.258 e. The minimum absolute atomic E-state index is 0.0545. The minimum Gasteiger partial charge on any atom is -0.304 e. The fourth-order valence-corrected chi connectivity index (χ4v) is 2.97. The van der Waals surface area contributed by atoms with E-state index < -0.39 is 0 Å². The summed E-state index contributed by atoms with van der Waals surface area (Å²) in [6.07, 6.45) is 1.79. The summed E-state index contributed by atoms with van der Waals surface area (Å²) in [5.41, 5.74) is 3.27. The van der Waals surface area contributed by atoms with Crippen LogP contribution in [0.1, 0.15) is 36.7 Å². The lowest BCUT2D eigenvalue weighted by Crippen LogP contribution is -2.27. The lowest BCUT2D eigenvalue weighted by molar-refractivity contribution is 0.408. The van der Waals surface area contributed by atoms with Crippen LogP contribution in [0.4, 0.5) is 4.39 Å². The van der Waals surface area contributed by atoms with Crippen LogP contribution < -0.4 is 10.9 Å². The van der Waals surface area contributed by atoms with Crippen molar-refractivity contribution in [2.24, 2.45) is 5.92 Å². The second-order valence-corrected chi connectivity index (χ2v) is 6.67. The number of fused-ring (bicyclic) bond motifs is 1. The van der Waals surface area contributed by atoms with Crippen molar-refractivity contribution in [2.75, 3.05) is 0 Å². The van der Waals surface area contributed by atoms with E-state index in [0.717, 1.165) is 11.1 Å². The summed E-state index contributed by atoms with van der Waals surface area (Å²) in [5.74, 6) is 0.0698. The van der Waals surface area contributed by atoms with Crippen molar-refractivity contribution in [3.05, 3.63) is 81.7 Å². The van der Waals surface area contributed by atoms with Gasteiger partial charge in [-0.1, -0.05) is 32.0 Å². The Morgan fingerprint density at radius 1 is 1.16 bits per heavy atom. The lowest BCUT2D eigenvalue weighted by atomic mass is 9.96. The molecule has 0 amide bonds. The molecular formula is C20H22FN3O. The molecule has 0 saturated carbocycles. The molecule has 1 atom stereocenters. The van der Waals surface area contributed by atoms with Gasteiger partial charge in [-0.15, -0.1) is 0 Å². The number of halogens is 1. The highest BCUT2D eigenvalue weighted by Crippen LogP contribution is 2.22. The molecule has 0 fully saturated rings. The molecule has 0 bridgehead atoms. The van der Waals surface area contributed by atoms with E-state index in [1.54, 1.807) is 28.8 Å². The first-order chi connectivity index (χ1) is 11.9. The molecule has 0 saturated heterocycles. The highest BCUT2D eigenvalue weighted by atomic mass is 19.1. The van der Waals surface area contributed by atoms with E-state index in [-0.39, 0.29) is 17.4 Å². The number of nitrogens with zero attached hydrogens (tertiary/aromatic N) is 2. The number of rotatable bonds is 5. The zero-order valence-corrected chi connectivity index (χ0v) is 14.7. The maximum absolute atomic E-state index is 13.2. The molecule has 130 valence electrons. The number of nitrogens with one attached hydrogen (secondary N) is 1. The molecule has 0 aliphatic carbocycles. The van der Waals surface area contributed by atoms with E-state index in [1.165, 1.54) is 12.1 Å². The first kappa shape index (κ1) is 17.3. The van der Waals surface area contributed by atoms with Gasteiger partial charge in [0.1, 0.15) is 11.5 Å². The van der Waals surface area contributed by atoms with E-state index in [0.29, 0.717) is 23.8 Å². The van der Waals surface area contributed by atoms with Crippen LogP contribution in [0.25, 0.3) is 5.65 Å². The van der Waals surface area contributed by atoms with E-state index in [4.69, 9.17) is 0 Å². The van der Waals surface area contributed by atoms with E-state index >= 15 is 0 Å². The van der Waals surface area contributed by atoms with Crippen molar-refractivity contribution in [3.63, 3.8) is 0 Å². The van der Waals surface area contributed by atoms with Crippen LogP contribution in [0.5, 0.6) is 0 Å². The molecule has 2 heterocycles. The van der Waals surface area contributed by atoms with Gasteiger partial charge >= 0.3 is 0 Å². The van der Waals surface area contributed by atoms with Gasteiger partial charge in [0.05, 0.1) is 5.69 Å². The Bertz CT molecular complexity index is 932. The number of aromatic nitrogens is 2. The second kappa shape index (κ2) is 7.15. The quantitative estimate of drug-likeness (QED) is 0.772. The Labute approximate surface area is 146 Å². The normalized spacial score (nSPS) is 12.7. The smallest absolute Gasteiger partial charge is 0.258 e. The Hall–Kier alpha value is -2.53. The zero-order valence-electron chi connectivity index (χ0n) is 14.7. The van der Waals surface area contributed by atoms with Gasteiger partial charge in [-0.25, -0.2) is 9.37 Å². The summed E-state index contributed by atoms with van der Waals surface area (Å²) >= 11 is 0. The van der Waals surface area contributed by atoms with Crippen molar-refractivity contribution in [2.45, 2.75) is 33.4 Å². The van der Waals surface area contributed by atoms with Crippen molar-refractivity contribution in [1.29, 1.82) is 0 Å². The fraction of sp³-hybridized carbons (Fsp3) is 0.300. The molecule has 5 heteroatoms. The fourth-order valence-electron chi connectivity index (χ4n) is 2.97. The zero-order chi connectivity index (χ0) is 18.0. The largest absolute Gasteiger partial charge is 0.304 e. The van der Waals surface area contributed by atoms with Gasteiger partial charge in [-0.3, -0.25) is 9.20 Å². The van der Waals surface area contributed by atoms with E-state index in [9.17, 15) is 9.18 Å². The predicted molar refractivity (Wildman–Crippen MR) is 97.0 cm³/mol. The lowest BCUT2D eigenvalue weighted by Gasteiger charge is -2.23. The van der Waals surface area contributed by atoms with Gasteiger partial charge in [0.2, 0.25) is 0 Å². The summed E-state index contributed by atoms with van der Waals surface area (Å²) in [4.78, 5) is 16.8. The Balaban J connectivity index is 1.83. The standard InChI is InChI=1S/C20H22FN3O/c1-13(2)20(15-5-7-16(21)8-6-15)22-11-17-10-19(25)24-12-14(3)4-9-18(24)23-17/h4-10,12-13,20,22H,11H2,1-3H3/t20-/m1/s1. The highest BCUT2D eigenvalue weighted by Gasteiger charge is 2.16. The third kappa shape index (κ3) is 3.94. The minimum atomic E-state index is -0.245. The molecule has 3 aromatic rings. The van der Waals surface area contributed by atoms with Crippen LogP contribution in [-0.4, -0.2) is 9.38 Å². The van der Waals surface area contributed by atoms with Crippen molar-refractivity contribution in [3.8, 4) is 0 Å². The average Bonchev–Trinajstić information content (AvgIpc) is 2.57. The van der Waals surface area contributed by atoms with Gasteiger partial charge < -0.3 is 5.32 Å². The van der Waals surface area contributed by atoms with Gasteiger partial charge in [-0.2, -0.15) is 0 Å². The van der Waals surface area contributed by atoms with Crippen LogP contribution in [0.3, 0.4) is 0 Å². The first-order valence-corrected chi connectivity index (χ1v) is 8.42. The number of pyridine rings is 1. The number of aryl methyl sites for hydroxylation is 1. The summed E-state index contributed by atoms with van der Waals surface area (Å²) < 4.78 is 14.7. The van der Waals surface area contributed by atoms with Gasteiger partial charge in [0.25, 0.3) is 5.56 Å². The SMILES string of the molecule is Cc1ccc2nc(CN[C@@H](c3ccc(F)cc3)C(C)C)cc(=O)n2c1. The summed E-state index contributed by atoms with van der Waals surface area (Å²) in [7, 11) is 0. The Kier molecular flexibility index (Phi) is 4.95. The van der Waals surface area contributed by atoms with Crippen LogP contribution in [0.2, 0.25) is 0 Å². The van der Waals surface area contributed by atoms with Crippen LogP contribution >= 0.6 is 0 Å². The molecule has 4 nitrogen and oxygen atoms in total. The van der Waals surface area contributed by atoms with Crippen LogP contribution in [0, 0.1) is 18.7 Å². The number of hydrogen-bond donors (Lipinski definition) is 1. The Morgan fingerprint density at radius 3 is 2.56 bits per heavy atom. The molecule has 1 N–H and O–H groups in total. The van der Waals surface area contributed by atoms with Gasteiger partial charge in [0.15, 0.2) is 0 Å². The van der Waals surface area contributed by atoms with Gasteiger partial charge in [-0.05, 0) is 42.2 Å². The number of hydrogen-bond acceptors (Lipinski definition) is 3. The highest BCUT2D eigenvalue weighted by molar-refractivity contribution is 5.40. The number of benzene rings is 1. The molecule has 25 heavy (non-hydrogen) atoms. The van der Waals surface area contributed by atoms with Crippen LogP contribution in [-0.2, 0) is 6.54 Å². The molecule has 0 spiro atoms. The van der Waals surface area contributed by atoms with Crippen LogP contribution in [0.15, 0.2) is 53.5 Å².